The lowest BCUT2D eigenvalue weighted by Gasteiger charge is -2.11. The van der Waals surface area contributed by atoms with Gasteiger partial charge in [-0.05, 0) is 48.5 Å². The molecule has 1 amide bonds. The third-order valence-electron chi connectivity index (χ3n) is 4.81. The van der Waals surface area contributed by atoms with Crippen LogP contribution in [0.3, 0.4) is 0 Å². The summed E-state index contributed by atoms with van der Waals surface area (Å²) in [6, 6.07) is 16.0. The Balaban J connectivity index is 1.47. The number of non-ortho nitro benzene ring substituents is 1. The van der Waals surface area contributed by atoms with Crippen molar-refractivity contribution in [3.63, 3.8) is 0 Å². The number of nitro groups is 1. The third-order valence-corrected chi connectivity index (χ3v) is 5.34. The highest BCUT2D eigenvalue weighted by molar-refractivity contribution is 9.10. The van der Waals surface area contributed by atoms with Crippen LogP contribution in [-0.4, -0.2) is 20.6 Å². The molecule has 0 aliphatic heterocycles. The Hall–Kier alpha value is -4.39. The fourth-order valence-electron chi connectivity index (χ4n) is 3.11. The molecule has 0 saturated carbocycles. The number of benzene rings is 3. The van der Waals surface area contributed by atoms with E-state index in [4.69, 9.17) is 9.47 Å². The van der Waals surface area contributed by atoms with Crippen LogP contribution in [0.5, 0.6) is 17.2 Å². The fraction of sp³-hybridized carbons (Fsp3) is 0.0833. The Morgan fingerprint density at radius 1 is 1.03 bits per heavy atom. The SMILES string of the molecule is O=C(Nc1cc(Oc2cccc(C(F)(F)F)c2)cc([N+](=O)[O-])c1)c1ccn(COc2ccc(Br)cc2)n1. The van der Waals surface area contributed by atoms with Gasteiger partial charge in [0.2, 0.25) is 0 Å². The Morgan fingerprint density at radius 3 is 2.49 bits per heavy atom. The molecule has 0 aliphatic rings. The predicted octanol–water partition coefficient (Wildman–Crippen LogP) is 6.65. The summed E-state index contributed by atoms with van der Waals surface area (Å²) in [5.74, 6) is -0.406. The van der Waals surface area contributed by atoms with Crippen molar-refractivity contribution >= 4 is 33.2 Å². The second kappa shape index (κ2) is 10.7. The highest BCUT2D eigenvalue weighted by atomic mass is 79.9. The zero-order valence-corrected chi connectivity index (χ0v) is 20.2. The lowest BCUT2D eigenvalue weighted by atomic mass is 10.2. The second-order valence-corrected chi connectivity index (χ2v) is 8.44. The molecule has 0 aliphatic carbocycles. The van der Waals surface area contributed by atoms with Gasteiger partial charge in [0.1, 0.15) is 17.2 Å². The van der Waals surface area contributed by atoms with Gasteiger partial charge in [0.05, 0.1) is 22.2 Å². The number of hydrogen-bond acceptors (Lipinski definition) is 6. The van der Waals surface area contributed by atoms with Crippen LogP contribution in [-0.2, 0) is 12.9 Å². The van der Waals surface area contributed by atoms with Crippen LogP contribution in [0.25, 0.3) is 0 Å². The molecule has 4 aromatic rings. The van der Waals surface area contributed by atoms with Crippen LogP contribution >= 0.6 is 15.9 Å². The molecule has 1 heterocycles. The fourth-order valence-corrected chi connectivity index (χ4v) is 3.38. The maximum atomic E-state index is 13.0. The number of alkyl halides is 3. The van der Waals surface area contributed by atoms with E-state index >= 15 is 0 Å². The molecular formula is C24H16BrF3N4O5. The Bertz CT molecular complexity index is 1440. The van der Waals surface area contributed by atoms with E-state index in [1.807, 2.05) is 0 Å². The van der Waals surface area contributed by atoms with E-state index in [1.54, 1.807) is 24.3 Å². The summed E-state index contributed by atoms with van der Waals surface area (Å²) in [5.41, 5.74) is -1.38. The number of amides is 1. The van der Waals surface area contributed by atoms with E-state index < -0.39 is 28.3 Å². The van der Waals surface area contributed by atoms with E-state index in [9.17, 15) is 28.1 Å². The number of anilines is 1. The quantitative estimate of drug-likeness (QED) is 0.186. The first-order valence-electron chi connectivity index (χ1n) is 10.4. The third kappa shape index (κ3) is 6.85. The van der Waals surface area contributed by atoms with Gasteiger partial charge < -0.3 is 14.8 Å². The van der Waals surface area contributed by atoms with Gasteiger partial charge in [0.15, 0.2) is 12.4 Å². The molecule has 1 N–H and O–H groups in total. The number of nitrogens with zero attached hydrogens (tertiary/aromatic N) is 3. The normalized spacial score (nSPS) is 11.1. The summed E-state index contributed by atoms with van der Waals surface area (Å²) in [6.45, 7) is 0.0285. The summed E-state index contributed by atoms with van der Waals surface area (Å²) in [4.78, 5) is 23.3. The summed E-state index contributed by atoms with van der Waals surface area (Å²) < 4.78 is 52.2. The topological polar surface area (TPSA) is 109 Å². The van der Waals surface area contributed by atoms with Crippen molar-refractivity contribution in [3.8, 4) is 17.2 Å². The summed E-state index contributed by atoms with van der Waals surface area (Å²) in [7, 11) is 0. The number of nitrogens with one attached hydrogen (secondary N) is 1. The Kier molecular flexibility index (Phi) is 7.43. The largest absolute Gasteiger partial charge is 0.471 e. The van der Waals surface area contributed by atoms with Gasteiger partial charge in [-0.3, -0.25) is 14.9 Å². The highest BCUT2D eigenvalue weighted by Crippen LogP contribution is 2.34. The molecule has 1 aromatic heterocycles. The molecule has 4 rings (SSSR count). The average molecular weight is 577 g/mol. The van der Waals surface area contributed by atoms with E-state index in [2.05, 4.69) is 26.3 Å². The molecule has 0 atom stereocenters. The van der Waals surface area contributed by atoms with Gasteiger partial charge >= 0.3 is 6.18 Å². The van der Waals surface area contributed by atoms with E-state index in [1.165, 1.54) is 29.1 Å². The zero-order chi connectivity index (χ0) is 26.6. The zero-order valence-electron chi connectivity index (χ0n) is 18.6. The molecule has 190 valence electrons. The standard InChI is InChI=1S/C24H16BrF3N4O5/c25-16-4-6-19(7-5-16)36-14-31-9-8-22(30-31)23(33)29-17-11-18(32(34)35)13-21(12-17)37-20-3-1-2-15(10-20)24(26,27)28/h1-13H,14H2,(H,29,33). The molecule has 0 radical (unpaired) electrons. The average Bonchev–Trinajstić information content (AvgIpc) is 3.32. The molecule has 13 heteroatoms. The first-order chi connectivity index (χ1) is 17.6. The summed E-state index contributed by atoms with van der Waals surface area (Å²) >= 11 is 3.33. The molecule has 0 saturated heterocycles. The lowest BCUT2D eigenvalue weighted by Crippen LogP contribution is -2.14. The first-order valence-corrected chi connectivity index (χ1v) is 11.2. The van der Waals surface area contributed by atoms with Gasteiger partial charge in [-0.1, -0.05) is 22.0 Å². The maximum absolute atomic E-state index is 13.0. The lowest BCUT2D eigenvalue weighted by molar-refractivity contribution is -0.384. The number of ether oxygens (including phenoxy) is 2. The van der Waals surface area contributed by atoms with Crippen LogP contribution in [0.15, 0.2) is 83.5 Å². The van der Waals surface area contributed by atoms with Crippen LogP contribution < -0.4 is 14.8 Å². The second-order valence-electron chi connectivity index (χ2n) is 7.52. The molecule has 37 heavy (non-hydrogen) atoms. The van der Waals surface area contributed by atoms with Gasteiger partial charge in [-0.25, -0.2) is 4.68 Å². The van der Waals surface area contributed by atoms with E-state index in [-0.39, 0.29) is 29.6 Å². The van der Waals surface area contributed by atoms with E-state index in [0.717, 1.165) is 34.8 Å². The summed E-state index contributed by atoms with van der Waals surface area (Å²) in [6.07, 6.45) is -3.07. The summed E-state index contributed by atoms with van der Waals surface area (Å²) in [5, 5.41) is 18.0. The van der Waals surface area contributed by atoms with Crippen molar-refractivity contribution in [3.05, 3.63) is 105 Å². The Labute approximate surface area is 215 Å². The number of hydrogen-bond donors (Lipinski definition) is 1. The van der Waals surface area contributed by atoms with Crippen molar-refractivity contribution in [1.29, 1.82) is 0 Å². The Morgan fingerprint density at radius 2 is 1.78 bits per heavy atom. The number of aromatic nitrogens is 2. The van der Waals surface area contributed by atoms with Crippen LogP contribution in [0.1, 0.15) is 16.1 Å². The number of carbonyl (C=O) groups excluding carboxylic acids is 1. The monoisotopic (exact) mass is 576 g/mol. The molecule has 0 spiro atoms. The molecule has 9 nitrogen and oxygen atoms in total. The van der Waals surface area contributed by atoms with Gasteiger partial charge in [-0.2, -0.15) is 18.3 Å². The van der Waals surface area contributed by atoms with Crippen LogP contribution in [0.2, 0.25) is 0 Å². The minimum absolute atomic E-state index is 0.00580. The van der Waals surface area contributed by atoms with Crippen LogP contribution in [0.4, 0.5) is 24.5 Å². The minimum Gasteiger partial charge on any atom is -0.471 e. The van der Waals surface area contributed by atoms with Gasteiger partial charge in [-0.15, -0.1) is 0 Å². The van der Waals surface area contributed by atoms with Gasteiger partial charge in [0, 0.05) is 22.8 Å². The molecular weight excluding hydrogens is 561 g/mol. The van der Waals surface area contributed by atoms with Crippen molar-refractivity contribution in [2.75, 3.05) is 5.32 Å². The highest BCUT2D eigenvalue weighted by Gasteiger charge is 2.30. The number of halogens is 4. The number of carbonyl (C=O) groups is 1. The molecule has 3 aromatic carbocycles. The molecule has 0 bridgehead atoms. The maximum Gasteiger partial charge on any atom is 0.416 e. The minimum atomic E-state index is -4.59. The van der Waals surface area contributed by atoms with Crippen molar-refractivity contribution in [2.24, 2.45) is 0 Å². The van der Waals surface area contributed by atoms with Gasteiger partial charge in [0.25, 0.3) is 11.6 Å². The van der Waals surface area contributed by atoms with Crippen molar-refractivity contribution < 1.29 is 32.4 Å². The van der Waals surface area contributed by atoms with Crippen molar-refractivity contribution in [2.45, 2.75) is 12.9 Å². The molecule has 0 fully saturated rings. The van der Waals surface area contributed by atoms with Crippen LogP contribution in [0, 0.1) is 10.1 Å². The smallest absolute Gasteiger partial charge is 0.416 e. The van der Waals surface area contributed by atoms with E-state index in [0.29, 0.717) is 5.75 Å². The number of rotatable bonds is 8. The number of nitro benzene ring substituents is 1. The predicted molar refractivity (Wildman–Crippen MR) is 130 cm³/mol. The first kappa shape index (κ1) is 25.7. The van der Waals surface area contributed by atoms with Crippen molar-refractivity contribution in [1.82, 2.24) is 9.78 Å². The molecule has 0 unspecified atom stereocenters.